The molecule has 0 unspecified atom stereocenters. The van der Waals surface area contributed by atoms with Gasteiger partial charge in [0.2, 0.25) is 0 Å². The van der Waals surface area contributed by atoms with Gasteiger partial charge < -0.3 is 10.1 Å². The number of methoxy groups -OCH3 is 1. The number of carbonyl (C=O) groups excluding carboxylic acids is 1. The molecule has 106 valence electrons. The summed E-state index contributed by atoms with van der Waals surface area (Å²) in [5.41, 5.74) is 2.92. The number of nitrogens with zero attached hydrogens (tertiary/aromatic N) is 2. The van der Waals surface area contributed by atoms with Gasteiger partial charge in [-0.1, -0.05) is 15.9 Å². The lowest BCUT2D eigenvalue weighted by Gasteiger charge is -2.10. The molecule has 1 aromatic heterocycles. The van der Waals surface area contributed by atoms with E-state index in [0.717, 1.165) is 21.5 Å². The maximum atomic E-state index is 12.4. The third-order valence-electron chi connectivity index (χ3n) is 3.16. The van der Waals surface area contributed by atoms with Crippen molar-refractivity contribution < 1.29 is 9.53 Å². The molecule has 5 nitrogen and oxygen atoms in total. The topological polar surface area (TPSA) is 56.1 Å². The van der Waals surface area contributed by atoms with Gasteiger partial charge in [0, 0.05) is 11.5 Å². The van der Waals surface area contributed by atoms with Crippen LogP contribution in [0.2, 0.25) is 0 Å². The van der Waals surface area contributed by atoms with Gasteiger partial charge in [-0.2, -0.15) is 5.10 Å². The second kappa shape index (κ2) is 5.66. The van der Waals surface area contributed by atoms with E-state index in [1.165, 1.54) is 0 Å². The van der Waals surface area contributed by atoms with Gasteiger partial charge in [-0.05, 0) is 32.0 Å². The Kier molecular flexibility index (Phi) is 4.13. The van der Waals surface area contributed by atoms with E-state index < -0.39 is 0 Å². The van der Waals surface area contributed by atoms with Crippen molar-refractivity contribution in [3.63, 3.8) is 0 Å². The molecule has 1 heterocycles. The average Bonchev–Trinajstić information content (AvgIpc) is 2.65. The van der Waals surface area contributed by atoms with Crippen LogP contribution < -0.4 is 10.1 Å². The van der Waals surface area contributed by atoms with Crippen LogP contribution in [0.5, 0.6) is 5.75 Å². The van der Waals surface area contributed by atoms with Gasteiger partial charge in [0.15, 0.2) is 0 Å². The smallest absolute Gasteiger partial charge is 0.259 e. The molecule has 0 bridgehead atoms. The highest BCUT2D eigenvalue weighted by Gasteiger charge is 2.17. The fourth-order valence-electron chi connectivity index (χ4n) is 1.99. The molecule has 0 saturated heterocycles. The zero-order chi connectivity index (χ0) is 14.9. The van der Waals surface area contributed by atoms with Gasteiger partial charge in [0.05, 0.1) is 29.7 Å². The maximum absolute atomic E-state index is 12.4. The van der Waals surface area contributed by atoms with Crippen LogP contribution in [0.1, 0.15) is 21.7 Å². The third kappa shape index (κ3) is 2.70. The van der Waals surface area contributed by atoms with Gasteiger partial charge in [-0.15, -0.1) is 0 Å². The fraction of sp³-hybridized carbons (Fsp3) is 0.286. The van der Waals surface area contributed by atoms with E-state index in [9.17, 15) is 4.79 Å². The molecule has 0 aliphatic carbocycles. The number of nitrogens with one attached hydrogen (secondary N) is 1. The van der Waals surface area contributed by atoms with Crippen molar-refractivity contribution in [2.45, 2.75) is 13.8 Å². The summed E-state index contributed by atoms with van der Waals surface area (Å²) >= 11 is 3.35. The number of aromatic nitrogens is 2. The Bertz CT molecular complexity index is 665. The van der Waals surface area contributed by atoms with Crippen molar-refractivity contribution in [3.8, 4) is 5.75 Å². The highest BCUT2D eigenvalue weighted by atomic mass is 79.9. The van der Waals surface area contributed by atoms with E-state index in [1.54, 1.807) is 30.0 Å². The van der Waals surface area contributed by atoms with Crippen molar-refractivity contribution in [3.05, 3.63) is 39.6 Å². The summed E-state index contributed by atoms with van der Waals surface area (Å²) in [5.74, 6) is 0.310. The number of amides is 1. The standard InChI is InChI=1S/C14H16BrN3O2/c1-8-13(9(2)18(3)17-8)16-14(19)11-6-5-10(15)7-12(11)20-4/h5-7H,1-4H3,(H,16,19). The zero-order valence-electron chi connectivity index (χ0n) is 11.8. The highest BCUT2D eigenvalue weighted by Crippen LogP contribution is 2.25. The van der Waals surface area contributed by atoms with E-state index in [4.69, 9.17) is 4.74 Å². The number of rotatable bonds is 3. The second-order valence-corrected chi connectivity index (χ2v) is 5.38. The van der Waals surface area contributed by atoms with Gasteiger partial charge in [-0.3, -0.25) is 9.48 Å². The van der Waals surface area contributed by atoms with Crippen LogP contribution in [0.15, 0.2) is 22.7 Å². The molecule has 0 fully saturated rings. The molecule has 0 spiro atoms. The molecule has 1 N–H and O–H groups in total. The molecule has 1 amide bonds. The quantitative estimate of drug-likeness (QED) is 0.936. The van der Waals surface area contributed by atoms with Crippen LogP contribution in [0, 0.1) is 13.8 Å². The number of halogens is 1. The summed E-state index contributed by atoms with van der Waals surface area (Å²) in [6.45, 7) is 3.77. The summed E-state index contributed by atoms with van der Waals surface area (Å²) in [6, 6.07) is 5.29. The highest BCUT2D eigenvalue weighted by molar-refractivity contribution is 9.10. The van der Waals surface area contributed by atoms with Gasteiger partial charge in [0.25, 0.3) is 5.91 Å². The van der Waals surface area contributed by atoms with Gasteiger partial charge in [-0.25, -0.2) is 0 Å². The number of hydrogen-bond donors (Lipinski definition) is 1. The molecule has 1 aromatic carbocycles. The normalized spacial score (nSPS) is 10.4. The molecule has 20 heavy (non-hydrogen) atoms. The Balaban J connectivity index is 2.33. The van der Waals surface area contributed by atoms with Crippen LogP contribution in [0.25, 0.3) is 0 Å². The molecule has 0 saturated carbocycles. The monoisotopic (exact) mass is 337 g/mol. The summed E-state index contributed by atoms with van der Waals surface area (Å²) in [7, 11) is 3.39. The molecule has 0 radical (unpaired) electrons. The molecular formula is C14H16BrN3O2. The van der Waals surface area contributed by atoms with Crippen LogP contribution in [0.4, 0.5) is 5.69 Å². The van der Waals surface area contributed by atoms with E-state index >= 15 is 0 Å². The van der Waals surface area contributed by atoms with Crippen LogP contribution in [-0.2, 0) is 7.05 Å². The van der Waals surface area contributed by atoms with Gasteiger partial charge in [0.1, 0.15) is 5.75 Å². The molecule has 6 heteroatoms. The third-order valence-corrected chi connectivity index (χ3v) is 3.65. The molecular weight excluding hydrogens is 322 g/mol. The number of carbonyl (C=O) groups is 1. The fourth-order valence-corrected chi connectivity index (χ4v) is 2.33. The zero-order valence-corrected chi connectivity index (χ0v) is 13.4. The van der Waals surface area contributed by atoms with Crippen molar-refractivity contribution in [2.75, 3.05) is 12.4 Å². The molecule has 0 aliphatic rings. The average molecular weight is 338 g/mol. The van der Waals surface area contributed by atoms with Crippen molar-refractivity contribution in [1.29, 1.82) is 0 Å². The lowest BCUT2D eigenvalue weighted by Crippen LogP contribution is -2.14. The predicted octanol–water partition coefficient (Wildman–Crippen LogP) is 3.06. The molecule has 0 atom stereocenters. The van der Waals surface area contributed by atoms with E-state index in [-0.39, 0.29) is 5.91 Å². The minimum Gasteiger partial charge on any atom is -0.496 e. The first-order chi connectivity index (χ1) is 9.43. The SMILES string of the molecule is COc1cc(Br)ccc1C(=O)Nc1c(C)nn(C)c1C. The van der Waals surface area contributed by atoms with Crippen molar-refractivity contribution >= 4 is 27.5 Å². The van der Waals surface area contributed by atoms with E-state index in [2.05, 4.69) is 26.3 Å². The summed E-state index contributed by atoms with van der Waals surface area (Å²) in [4.78, 5) is 12.4. The Morgan fingerprint density at radius 3 is 2.65 bits per heavy atom. The van der Waals surface area contributed by atoms with Gasteiger partial charge >= 0.3 is 0 Å². The second-order valence-electron chi connectivity index (χ2n) is 4.47. The predicted molar refractivity (Wildman–Crippen MR) is 81.3 cm³/mol. The Morgan fingerprint density at radius 1 is 1.40 bits per heavy atom. The Hall–Kier alpha value is -1.82. The minimum atomic E-state index is -0.214. The number of anilines is 1. The Morgan fingerprint density at radius 2 is 2.10 bits per heavy atom. The van der Waals surface area contributed by atoms with Crippen LogP contribution in [-0.4, -0.2) is 22.8 Å². The number of hydrogen-bond acceptors (Lipinski definition) is 3. The summed E-state index contributed by atoms with van der Waals surface area (Å²) in [5, 5.41) is 7.17. The van der Waals surface area contributed by atoms with Crippen molar-refractivity contribution in [1.82, 2.24) is 9.78 Å². The van der Waals surface area contributed by atoms with Crippen LogP contribution in [0.3, 0.4) is 0 Å². The number of benzene rings is 1. The molecule has 0 aliphatic heterocycles. The lowest BCUT2D eigenvalue weighted by atomic mass is 10.2. The minimum absolute atomic E-state index is 0.214. The first kappa shape index (κ1) is 14.6. The Labute approximate surface area is 126 Å². The molecule has 2 aromatic rings. The van der Waals surface area contributed by atoms with Crippen molar-refractivity contribution in [2.24, 2.45) is 7.05 Å². The van der Waals surface area contributed by atoms with E-state index in [1.807, 2.05) is 20.9 Å². The van der Waals surface area contributed by atoms with E-state index in [0.29, 0.717) is 11.3 Å². The van der Waals surface area contributed by atoms with Crippen LogP contribution >= 0.6 is 15.9 Å². The summed E-state index contributed by atoms with van der Waals surface area (Å²) in [6.07, 6.45) is 0. The number of aryl methyl sites for hydroxylation is 2. The molecule has 2 rings (SSSR count). The first-order valence-electron chi connectivity index (χ1n) is 6.09. The number of ether oxygens (including phenoxy) is 1. The summed E-state index contributed by atoms with van der Waals surface area (Å²) < 4.78 is 7.84. The lowest BCUT2D eigenvalue weighted by molar-refractivity contribution is 0.102. The first-order valence-corrected chi connectivity index (χ1v) is 6.88. The largest absolute Gasteiger partial charge is 0.496 e. The maximum Gasteiger partial charge on any atom is 0.259 e.